The molecule has 2 aliphatic rings. The van der Waals surface area contributed by atoms with Crippen LogP contribution >= 0.6 is 0 Å². The highest BCUT2D eigenvalue weighted by Crippen LogP contribution is 2.39. The molecule has 1 saturated carbocycles. The Morgan fingerprint density at radius 1 is 1.00 bits per heavy atom. The fourth-order valence-electron chi connectivity index (χ4n) is 3.90. The number of rotatable bonds is 7. The fraction of sp³-hybridized carbons (Fsp3) is 0.391. The number of ether oxygens (including phenoxy) is 1. The zero-order valence-electron chi connectivity index (χ0n) is 16.7. The molecule has 2 amide bonds. The second kappa shape index (κ2) is 8.55. The van der Waals surface area contributed by atoms with Gasteiger partial charge in [-0.1, -0.05) is 18.2 Å². The molecule has 2 fully saturated rings. The van der Waals surface area contributed by atoms with Gasteiger partial charge in [0.05, 0.1) is 18.9 Å². The molecule has 2 atom stereocenters. The van der Waals surface area contributed by atoms with Gasteiger partial charge in [0, 0.05) is 36.6 Å². The molecule has 0 spiro atoms. The standard InChI is InChI=1S/C23H27N3O3/c1-29-21-7-3-2-6-16(21)15-24-22(27)19-14-20(19)23(28)25-17-8-10-18(11-9-17)26-12-4-5-13-26/h2-3,6-11,19-20H,4-5,12-15H2,1H3,(H,24,27)(H,25,28). The minimum Gasteiger partial charge on any atom is -0.496 e. The highest BCUT2D eigenvalue weighted by Gasteiger charge is 2.47. The van der Waals surface area contributed by atoms with Crippen molar-refractivity contribution in [1.29, 1.82) is 0 Å². The molecule has 6 nitrogen and oxygen atoms in total. The molecule has 1 saturated heterocycles. The highest BCUT2D eigenvalue weighted by atomic mass is 16.5. The van der Waals surface area contributed by atoms with Crippen molar-refractivity contribution in [2.45, 2.75) is 25.8 Å². The number of nitrogens with zero attached hydrogens (tertiary/aromatic N) is 1. The van der Waals surface area contributed by atoms with E-state index in [0.717, 1.165) is 30.1 Å². The van der Waals surface area contributed by atoms with E-state index in [0.29, 0.717) is 13.0 Å². The number of nitrogens with one attached hydrogen (secondary N) is 2. The lowest BCUT2D eigenvalue weighted by atomic mass is 10.2. The molecule has 2 aromatic carbocycles. The van der Waals surface area contributed by atoms with Crippen LogP contribution in [0.1, 0.15) is 24.8 Å². The van der Waals surface area contributed by atoms with Crippen LogP contribution in [0.4, 0.5) is 11.4 Å². The van der Waals surface area contributed by atoms with Crippen molar-refractivity contribution in [3.05, 3.63) is 54.1 Å². The number of methoxy groups -OCH3 is 1. The first kappa shape index (κ1) is 19.3. The predicted molar refractivity (Wildman–Crippen MR) is 113 cm³/mol. The second-order valence-corrected chi connectivity index (χ2v) is 7.71. The number of hydrogen-bond donors (Lipinski definition) is 2. The maximum Gasteiger partial charge on any atom is 0.228 e. The Labute approximate surface area is 171 Å². The molecule has 1 aliphatic carbocycles. The number of carbonyl (C=O) groups is 2. The first-order valence-corrected chi connectivity index (χ1v) is 10.2. The lowest BCUT2D eigenvalue weighted by molar-refractivity contribution is -0.125. The van der Waals surface area contributed by atoms with Gasteiger partial charge in [0.1, 0.15) is 5.75 Å². The van der Waals surface area contributed by atoms with Gasteiger partial charge in [0.2, 0.25) is 11.8 Å². The number of benzene rings is 2. The Morgan fingerprint density at radius 2 is 1.69 bits per heavy atom. The zero-order valence-corrected chi connectivity index (χ0v) is 16.7. The molecule has 1 aliphatic heterocycles. The van der Waals surface area contributed by atoms with Gasteiger partial charge >= 0.3 is 0 Å². The van der Waals surface area contributed by atoms with Crippen LogP contribution in [0.2, 0.25) is 0 Å². The number of carbonyl (C=O) groups excluding carboxylic acids is 2. The van der Waals surface area contributed by atoms with E-state index in [-0.39, 0.29) is 23.7 Å². The quantitative estimate of drug-likeness (QED) is 0.758. The molecule has 6 heteroatoms. The van der Waals surface area contributed by atoms with Crippen LogP contribution < -0.4 is 20.3 Å². The van der Waals surface area contributed by atoms with Crippen molar-refractivity contribution in [3.8, 4) is 5.75 Å². The van der Waals surface area contributed by atoms with Gasteiger partial charge in [0.25, 0.3) is 0 Å². The Morgan fingerprint density at radius 3 is 2.41 bits per heavy atom. The summed E-state index contributed by atoms with van der Waals surface area (Å²) in [5.74, 6) is 0.0616. The van der Waals surface area contributed by atoms with Crippen molar-refractivity contribution in [1.82, 2.24) is 5.32 Å². The molecular weight excluding hydrogens is 366 g/mol. The Bertz CT molecular complexity index is 875. The van der Waals surface area contributed by atoms with E-state index >= 15 is 0 Å². The van der Waals surface area contributed by atoms with Crippen molar-refractivity contribution in [2.24, 2.45) is 11.8 Å². The summed E-state index contributed by atoms with van der Waals surface area (Å²) >= 11 is 0. The highest BCUT2D eigenvalue weighted by molar-refractivity contribution is 5.99. The maximum absolute atomic E-state index is 12.5. The van der Waals surface area contributed by atoms with Crippen LogP contribution in [0.15, 0.2) is 48.5 Å². The molecule has 152 valence electrons. The lowest BCUT2D eigenvalue weighted by Crippen LogP contribution is -2.27. The molecule has 2 N–H and O–H groups in total. The summed E-state index contributed by atoms with van der Waals surface area (Å²) in [5, 5.41) is 5.86. The molecule has 1 heterocycles. The second-order valence-electron chi connectivity index (χ2n) is 7.71. The molecule has 2 aromatic rings. The van der Waals surface area contributed by atoms with Crippen LogP contribution in [-0.4, -0.2) is 32.0 Å². The number of amides is 2. The first-order chi connectivity index (χ1) is 14.2. The van der Waals surface area contributed by atoms with Gasteiger partial charge in [-0.15, -0.1) is 0 Å². The van der Waals surface area contributed by atoms with E-state index in [1.807, 2.05) is 48.5 Å². The Hall–Kier alpha value is -3.02. The van der Waals surface area contributed by atoms with Crippen molar-refractivity contribution >= 4 is 23.2 Å². The van der Waals surface area contributed by atoms with E-state index in [9.17, 15) is 9.59 Å². The van der Waals surface area contributed by atoms with E-state index in [2.05, 4.69) is 15.5 Å². The van der Waals surface area contributed by atoms with Crippen molar-refractivity contribution in [3.63, 3.8) is 0 Å². The summed E-state index contributed by atoms with van der Waals surface area (Å²) in [7, 11) is 1.61. The van der Waals surface area contributed by atoms with Gasteiger partial charge in [0.15, 0.2) is 0 Å². The number of anilines is 2. The van der Waals surface area contributed by atoms with Crippen LogP contribution in [0.5, 0.6) is 5.75 Å². The van der Waals surface area contributed by atoms with Gasteiger partial charge in [-0.25, -0.2) is 0 Å². The summed E-state index contributed by atoms with van der Waals surface area (Å²) < 4.78 is 5.30. The SMILES string of the molecule is COc1ccccc1CNC(=O)C1CC1C(=O)Nc1ccc(N2CCCC2)cc1. The van der Waals surface area contributed by atoms with E-state index in [1.54, 1.807) is 7.11 Å². The summed E-state index contributed by atoms with van der Waals surface area (Å²) in [6.45, 7) is 2.59. The normalized spacial score (nSPS) is 20.2. The average Bonchev–Trinajstić information content (AvgIpc) is 3.38. The van der Waals surface area contributed by atoms with Gasteiger partial charge in [-0.2, -0.15) is 0 Å². The molecule has 0 bridgehead atoms. The first-order valence-electron chi connectivity index (χ1n) is 10.2. The smallest absolute Gasteiger partial charge is 0.228 e. The van der Waals surface area contributed by atoms with E-state index < -0.39 is 0 Å². The van der Waals surface area contributed by atoms with Gasteiger partial charge in [-0.05, 0) is 49.6 Å². The summed E-state index contributed by atoms with van der Waals surface area (Å²) in [5.41, 5.74) is 2.89. The number of para-hydroxylation sites is 1. The van der Waals surface area contributed by atoms with Crippen molar-refractivity contribution in [2.75, 3.05) is 30.4 Å². The van der Waals surface area contributed by atoms with Crippen LogP contribution in [0, 0.1) is 11.8 Å². The molecule has 29 heavy (non-hydrogen) atoms. The van der Waals surface area contributed by atoms with E-state index in [4.69, 9.17) is 4.74 Å². The monoisotopic (exact) mass is 393 g/mol. The molecule has 0 radical (unpaired) electrons. The summed E-state index contributed by atoms with van der Waals surface area (Å²) in [6, 6.07) is 15.5. The van der Waals surface area contributed by atoms with E-state index in [1.165, 1.54) is 18.5 Å². The molecule has 4 rings (SSSR count). The minimum atomic E-state index is -0.258. The van der Waals surface area contributed by atoms with Crippen LogP contribution in [-0.2, 0) is 16.1 Å². The summed E-state index contributed by atoms with van der Waals surface area (Å²) in [4.78, 5) is 27.2. The van der Waals surface area contributed by atoms with Gasteiger partial charge in [-0.3, -0.25) is 9.59 Å². The van der Waals surface area contributed by atoms with Crippen LogP contribution in [0.25, 0.3) is 0 Å². The van der Waals surface area contributed by atoms with Crippen LogP contribution in [0.3, 0.4) is 0 Å². The Kier molecular flexibility index (Phi) is 5.69. The average molecular weight is 393 g/mol. The van der Waals surface area contributed by atoms with Gasteiger partial charge < -0.3 is 20.3 Å². The molecule has 0 aromatic heterocycles. The van der Waals surface area contributed by atoms with Crippen molar-refractivity contribution < 1.29 is 14.3 Å². The minimum absolute atomic E-state index is 0.0829. The summed E-state index contributed by atoms with van der Waals surface area (Å²) in [6.07, 6.45) is 3.07. The maximum atomic E-state index is 12.5. The third kappa shape index (κ3) is 4.53. The third-order valence-corrected chi connectivity index (χ3v) is 5.72. The predicted octanol–water partition coefficient (Wildman–Crippen LogP) is 3.19. The third-order valence-electron chi connectivity index (χ3n) is 5.72. The number of hydrogen-bond acceptors (Lipinski definition) is 4. The topological polar surface area (TPSA) is 70.7 Å². The molecule has 2 unspecified atom stereocenters. The fourth-order valence-corrected chi connectivity index (χ4v) is 3.90. The zero-order chi connectivity index (χ0) is 20.2. The largest absolute Gasteiger partial charge is 0.496 e. The Balaban J connectivity index is 1.26. The lowest BCUT2D eigenvalue weighted by Gasteiger charge is -2.17. The molecular formula is C23H27N3O3.